The highest BCUT2D eigenvalue weighted by Gasteiger charge is 2.40. The molecule has 9 nitrogen and oxygen atoms in total. The first-order valence-electron chi connectivity index (χ1n) is 16.3. The summed E-state index contributed by atoms with van der Waals surface area (Å²) in [5, 5.41) is 25.2. The van der Waals surface area contributed by atoms with Crippen LogP contribution in [0.3, 0.4) is 0 Å². The Bertz CT molecular complexity index is 1570. The summed E-state index contributed by atoms with van der Waals surface area (Å²) >= 11 is 0. The zero-order valence-corrected chi connectivity index (χ0v) is 26.6. The van der Waals surface area contributed by atoms with Gasteiger partial charge in [-0.05, 0) is 72.5 Å². The van der Waals surface area contributed by atoms with Crippen LogP contribution in [0.4, 0.5) is 10.5 Å². The molecule has 246 valence electrons. The lowest BCUT2D eigenvalue weighted by Gasteiger charge is -2.43. The molecule has 4 aromatic rings. The molecule has 2 saturated heterocycles. The second-order valence-corrected chi connectivity index (χ2v) is 12.3. The number of amides is 2. The number of carbonyl (C=O) groups is 1. The van der Waals surface area contributed by atoms with Crippen molar-refractivity contribution in [1.29, 1.82) is 0 Å². The van der Waals surface area contributed by atoms with Gasteiger partial charge in [0.2, 0.25) is 0 Å². The van der Waals surface area contributed by atoms with Crippen molar-refractivity contribution in [2.45, 2.75) is 57.5 Å². The van der Waals surface area contributed by atoms with Crippen LogP contribution in [-0.2, 0) is 22.6 Å². The number of aliphatic hydroxyl groups excluding tert-OH is 2. The van der Waals surface area contributed by atoms with Crippen LogP contribution in [0.25, 0.3) is 0 Å². The highest BCUT2D eigenvalue weighted by Crippen LogP contribution is 2.42. The van der Waals surface area contributed by atoms with Crippen molar-refractivity contribution < 1.29 is 29.2 Å². The number of likely N-dealkylation sites (tertiary alicyclic amines) is 1. The first kappa shape index (κ1) is 32.7. The van der Waals surface area contributed by atoms with E-state index < -0.39 is 6.29 Å². The van der Waals surface area contributed by atoms with Crippen LogP contribution in [-0.4, -0.2) is 53.0 Å². The topological polar surface area (TPSA) is 113 Å². The zero-order chi connectivity index (χ0) is 32.6. The molecule has 4 N–H and O–H groups in total. The number of para-hydroxylation sites is 1. The quantitative estimate of drug-likeness (QED) is 0.148. The second-order valence-electron chi connectivity index (χ2n) is 12.3. The number of hydrogen-bond acceptors (Lipinski definition) is 7. The van der Waals surface area contributed by atoms with Gasteiger partial charge in [0.1, 0.15) is 11.5 Å². The molecular formula is C38H43N3O6. The average molecular weight is 638 g/mol. The fourth-order valence-electron chi connectivity index (χ4n) is 6.28. The summed E-state index contributed by atoms with van der Waals surface area (Å²) in [6.07, 6.45) is 1.18. The van der Waals surface area contributed by atoms with Crippen LogP contribution in [0.15, 0.2) is 103 Å². The van der Waals surface area contributed by atoms with Gasteiger partial charge in [-0.15, -0.1) is 0 Å². The van der Waals surface area contributed by atoms with Crippen molar-refractivity contribution in [2.24, 2.45) is 5.92 Å². The van der Waals surface area contributed by atoms with Crippen LogP contribution < -0.4 is 15.4 Å². The molecule has 5 atom stereocenters. The average Bonchev–Trinajstić information content (AvgIpc) is 3.57. The van der Waals surface area contributed by atoms with E-state index in [1.807, 2.05) is 91.0 Å². The van der Waals surface area contributed by atoms with Crippen LogP contribution in [0.2, 0.25) is 0 Å². The van der Waals surface area contributed by atoms with Gasteiger partial charge in [-0.2, -0.15) is 0 Å². The number of carbonyl (C=O) groups excluding carboxylic acids is 1. The Morgan fingerprint density at radius 1 is 0.851 bits per heavy atom. The van der Waals surface area contributed by atoms with Crippen molar-refractivity contribution >= 4 is 11.7 Å². The number of urea groups is 1. The number of nitrogens with zero attached hydrogens (tertiary/aromatic N) is 1. The Morgan fingerprint density at radius 3 is 2.23 bits per heavy atom. The van der Waals surface area contributed by atoms with Crippen molar-refractivity contribution in [3.63, 3.8) is 0 Å². The van der Waals surface area contributed by atoms with Gasteiger partial charge in [-0.25, -0.2) is 4.79 Å². The zero-order valence-electron chi connectivity index (χ0n) is 26.6. The number of aliphatic hydroxyl groups is 2. The lowest BCUT2D eigenvalue weighted by atomic mass is 9.90. The molecule has 0 radical (unpaired) electrons. The molecule has 0 aliphatic carbocycles. The van der Waals surface area contributed by atoms with Crippen LogP contribution in [0.1, 0.15) is 54.4 Å². The Labute approximate surface area is 276 Å². The van der Waals surface area contributed by atoms with E-state index in [9.17, 15) is 15.0 Å². The van der Waals surface area contributed by atoms with Gasteiger partial charge < -0.3 is 35.1 Å². The first-order chi connectivity index (χ1) is 23.0. The van der Waals surface area contributed by atoms with Crippen LogP contribution >= 0.6 is 0 Å². The number of anilines is 1. The first-order valence-corrected chi connectivity index (χ1v) is 16.3. The predicted octanol–water partition coefficient (Wildman–Crippen LogP) is 6.54. The summed E-state index contributed by atoms with van der Waals surface area (Å²) < 4.78 is 19.0. The SMILES string of the molecule is C[C@@H]1[C@H](CN2CCC[C@H]2CO)O[C@H](c2ccc(CNC(=O)Nc3ccc(Oc4ccccc4)cc3)cc2)O[C@@H]1c1ccc(CO)cc1. The minimum atomic E-state index is -0.576. The van der Waals surface area contributed by atoms with Crippen molar-refractivity contribution in [3.05, 3.63) is 125 Å². The highest BCUT2D eigenvalue weighted by molar-refractivity contribution is 5.89. The van der Waals surface area contributed by atoms with Crippen molar-refractivity contribution in [2.75, 3.05) is 25.0 Å². The van der Waals surface area contributed by atoms with Gasteiger partial charge in [0, 0.05) is 36.3 Å². The van der Waals surface area contributed by atoms with Gasteiger partial charge in [0.25, 0.3) is 0 Å². The molecule has 0 bridgehead atoms. The molecule has 2 fully saturated rings. The minimum absolute atomic E-state index is 0.00614. The number of hydrogen-bond donors (Lipinski definition) is 4. The van der Waals surface area contributed by atoms with Gasteiger partial charge in [0.05, 0.1) is 25.4 Å². The smallest absolute Gasteiger partial charge is 0.319 e. The molecule has 2 aliphatic rings. The molecule has 47 heavy (non-hydrogen) atoms. The third-order valence-electron chi connectivity index (χ3n) is 9.04. The minimum Gasteiger partial charge on any atom is -0.457 e. The van der Waals surface area contributed by atoms with E-state index >= 15 is 0 Å². The second kappa shape index (κ2) is 15.6. The van der Waals surface area contributed by atoms with E-state index in [0.29, 0.717) is 18.0 Å². The number of rotatable bonds is 11. The molecule has 0 unspecified atom stereocenters. The monoisotopic (exact) mass is 637 g/mol. The van der Waals surface area contributed by atoms with Gasteiger partial charge >= 0.3 is 6.03 Å². The molecule has 2 aliphatic heterocycles. The van der Waals surface area contributed by atoms with Gasteiger partial charge in [-0.1, -0.05) is 73.7 Å². The van der Waals surface area contributed by atoms with E-state index in [1.54, 1.807) is 12.1 Å². The van der Waals surface area contributed by atoms with E-state index in [2.05, 4.69) is 22.5 Å². The summed E-state index contributed by atoms with van der Waals surface area (Å²) in [6, 6.07) is 32.4. The Hall–Kier alpha value is -4.25. The molecule has 2 amide bonds. The van der Waals surface area contributed by atoms with E-state index in [1.165, 1.54) is 0 Å². The fourth-order valence-corrected chi connectivity index (χ4v) is 6.28. The molecule has 0 aromatic heterocycles. The summed E-state index contributed by atoms with van der Waals surface area (Å²) in [4.78, 5) is 14.9. The normalized spacial score (nSPS) is 22.9. The molecule has 0 saturated carbocycles. The maximum absolute atomic E-state index is 12.6. The highest BCUT2D eigenvalue weighted by atomic mass is 16.7. The lowest BCUT2D eigenvalue weighted by Crippen LogP contribution is -2.46. The summed E-state index contributed by atoms with van der Waals surface area (Å²) in [7, 11) is 0. The summed E-state index contributed by atoms with van der Waals surface area (Å²) in [6.45, 7) is 4.32. The third-order valence-corrected chi connectivity index (χ3v) is 9.04. The molecule has 9 heteroatoms. The van der Waals surface area contributed by atoms with Crippen molar-refractivity contribution in [3.8, 4) is 11.5 Å². The lowest BCUT2D eigenvalue weighted by molar-refractivity contribution is -0.276. The maximum atomic E-state index is 12.6. The number of benzene rings is 4. The predicted molar refractivity (Wildman–Crippen MR) is 180 cm³/mol. The molecule has 2 heterocycles. The van der Waals surface area contributed by atoms with E-state index in [0.717, 1.165) is 53.9 Å². The van der Waals surface area contributed by atoms with Crippen LogP contribution in [0, 0.1) is 5.92 Å². The largest absolute Gasteiger partial charge is 0.457 e. The molecule has 6 rings (SSSR count). The number of nitrogens with one attached hydrogen (secondary N) is 2. The Kier molecular flexibility index (Phi) is 10.8. The van der Waals surface area contributed by atoms with Gasteiger partial charge in [0.15, 0.2) is 6.29 Å². The maximum Gasteiger partial charge on any atom is 0.319 e. The Balaban J connectivity index is 1.07. The standard InChI is InChI=1S/C38H43N3O6/c1-26-35(23-41-21-5-6-32(41)25-43)46-37(47-36(26)29-13-11-28(24-42)12-14-29)30-15-9-27(10-16-30)22-39-38(44)40-31-17-19-34(20-18-31)45-33-7-3-2-4-8-33/h2-4,7-20,26,32,35-37,42-43H,5-6,21-25H2,1H3,(H2,39,40,44)/t26-,32+,35+,36+,37+/m1/s1. The number of ether oxygens (including phenoxy) is 3. The fraction of sp³-hybridized carbons (Fsp3) is 0.342. The van der Waals surface area contributed by atoms with E-state index in [4.69, 9.17) is 14.2 Å². The van der Waals surface area contributed by atoms with Gasteiger partial charge in [-0.3, -0.25) is 4.90 Å². The molecular weight excluding hydrogens is 594 g/mol. The molecule has 0 spiro atoms. The summed E-state index contributed by atoms with van der Waals surface area (Å²) in [5.41, 5.74) is 4.39. The van der Waals surface area contributed by atoms with E-state index in [-0.39, 0.29) is 43.4 Å². The third kappa shape index (κ3) is 8.38. The Morgan fingerprint density at radius 2 is 1.53 bits per heavy atom. The summed E-state index contributed by atoms with van der Waals surface area (Å²) in [5.74, 6) is 1.51. The molecule has 4 aromatic carbocycles. The van der Waals surface area contributed by atoms with Crippen molar-refractivity contribution in [1.82, 2.24) is 10.2 Å². The van der Waals surface area contributed by atoms with Crippen LogP contribution in [0.5, 0.6) is 11.5 Å².